The number of amides is 1. The van der Waals surface area contributed by atoms with Gasteiger partial charge >= 0.3 is 0 Å². The van der Waals surface area contributed by atoms with Gasteiger partial charge in [0, 0.05) is 19.1 Å². The number of carbonyl (C=O) groups is 1. The van der Waals surface area contributed by atoms with E-state index in [1.807, 2.05) is 66.2 Å². The van der Waals surface area contributed by atoms with Gasteiger partial charge in [0.25, 0.3) is 5.91 Å². The second-order valence-electron chi connectivity index (χ2n) is 8.69. The van der Waals surface area contributed by atoms with E-state index in [-0.39, 0.29) is 11.9 Å². The standard InChI is InChI=1S/C26H29N5O3S/c1-17-23-24(31(29-17)20-9-11-21(33-3)12-10-20)28-26(35-23)30-15-13-19(14-16-30)27-25(32)18(2)34-22-7-5-4-6-8-22/h4-12,18-19H,13-16H2,1-3H3,(H,27,32). The number of ether oxygens (including phenoxy) is 2. The molecule has 8 nitrogen and oxygen atoms in total. The lowest BCUT2D eigenvalue weighted by molar-refractivity contribution is -0.128. The molecule has 0 bridgehead atoms. The Bertz CT molecular complexity index is 1290. The highest BCUT2D eigenvalue weighted by Gasteiger charge is 2.26. The molecule has 5 rings (SSSR count). The van der Waals surface area contributed by atoms with Crippen molar-refractivity contribution in [1.29, 1.82) is 0 Å². The fraction of sp³-hybridized carbons (Fsp3) is 0.346. The van der Waals surface area contributed by atoms with Crippen LogP contribution in [0.25, 0.3) is 16.0 Å². The van der Waals surface area contributed by atoms with Gasteiger partial charge in [0.15, 0.2) is 16.9 Å². The van der Waals surface area contributed by atoms with Gasteiger partial charge in [-0.15, -0.1) is 0 Å². The minimum absolute atomic E-state index is 0.0810. The Balaban J connectivity index is 1.22. The molecule has 2 aromatic heterocycles. The number of hydrogen-bond acceptors (Lipinski definition) is 7. The lowest BCUT2D eigenvalue weighted by Crippen LogP contribution is -2.48. The van der Waals surface area contributed by atoms with Gasteiger partial charge in [0.1, 0.15) is 11.5 Å². The number of methoxy groups -OCH3 is 1. The number of thiazole rings is 1. The summed E-state index contributed by atoms with van der Waals surface area (Å²) in [5.74, 6) is 1.43. The Hall–Kier alpha value is -3.59. The van der Waals surface area contributed by atoms with Crippen molar-refractivity contribution in [3.05, 3.63) is 60.3 Å². The lowest BCUT2D eigenvalue weighted by atomic mass is 10.1. The fourth-order valence-electron chi connectivity index (χ4n) is 4.25. The first-order valence-electron chi connectivity index (χ1n) is 11.8. The molecule has 2 aromatic carbocycles. The van der Waals surface area contributed by atoms with Crippen molar-refractivity contribution in [2.24, 2.45) is 0 Å². The number of carbonyl (C=O) groups excluding carboxylic acids is 1. The van der Waals surface area contributed by atoms with Crippen LogP contribution in [0.5, 0.6) is 11.5 Å². The van der Waals surface area contributed by atoms with Crippen molar-refractivity contribution in [2.75, 3.05) is 25.1 Å². The molecule has 0 radical (unpaired) electrons. The first-order valence-corrected chi connectivity index (χ1v) is 12.6. The Morgan fingerprint density at radius 2 is 1.80 bits per heavy atom. The van der Waals surface area contributed by atoms with Crippen LogP contribution in [-0.2, 0) is 4.79 Å². The van der Waals surface area contributed by atoms with Crippen LogP contribution in [0.3, 0.4) is 0 Å². The zero-order valence-corrected chi connectivity index (χ0v) is 20.9. The maximum absolute atomic E-state index is 12.6. The summed E-state index contributed by atoms with van der Waals surface area (Å²) in [5.41, 5.74) is 2.79. The molecule has 4 aromatic rings. The Morgan fingerprint density at radius 3 is 2.49 bits per heavy atom. The van der Waals surface area contributed by atoms with Crippen molar-refractivity contribution in [3.8, 4) is 17.2 Å². The van der Waals surface area contributed by atoms with Gasteiger partial charge in [-0.2, -0.15) is 10.1 Å². The molecule has 0 saturated carbocycles. The van der Waals surface area contributed by atoms with Gasteiger partial charge in [0.2, 0.25) is 0 Å². The minimum atomic E-state index is -0.538. The molecule has 1 aliphatic heterocycles. The van der Waals surface area contributed by atoms with E-state index in [0.29, 0.717) is 5.75 Å². The molecular weight excluding hydrogens is 462 g/mol. The van der Waals surface area contributed by atoms with Gasteiger partial charge in [0.05, 0.1) is 23.2 Å². The molecule has 1 aliphatic rings. The summed E-state index contributed by atoms with van der Waals surface area (Å²) in [4.78, 5) is 19.9. The summed E-state index contributed by atoms with van der Waals surface area (Å²) >= 11 is 1.67. The van der Waals surface area contributed by atoms with Crippen LogP contribution in [0.15, 0.2) is 54.6 Å². The number of anilines is 1. The highest BCUT2D eigenvalue weighted by Crippen LogP contribution is 2.34. The number of nitrogens with one attached hydrogen (secondary N) is 1. The highest BCUT2D eigenvalue weighted by molar-refractivity contribution is 7.22. The van der Waals surface area contributed by atoms with Gasteiger partial charge in [-0.3, -0.25) is 4.79 Å². The monoisotopic (exact) mass is 491 g/mol. The molecule has 1 atom stereocenters. The van der Waals surface area contributed by atoms with Crippen LogP contribution >= 0.6 is 11.3 Å². The second kappa shape index (κ2) is 9.95. The maximum Gasteiger partial charge on any atom is 0.260 e. The van der Waals surface area contributed by atoms with Crippen molar-refractivity contribution in [2.45, 2.75) is 38.8 Å². The molecule has 35 heavy (non-hydrogen) atoms. The fourth-order valence-corrected chi connectivity index (χ4v) is 5.29. The van der Waals surface area contributed by atoms with E-state index in [1.165, 1.54) is 0 Å². The van der Waals surface area contributed by atoms with Crippen LogP contribution in [-0.4, -0.2) is 53.0 Å². The summed E-state index contributed by atoms with van der Waals surface area (Å²) in [6.45, 7) is 5.48. The summed E-state index contributed by atoms with van der Waals surface area (Å²) < 4.78 is 14.0. The molecule has 1 fully saturated rings. The van der Waals surface area contributed by atoms with Crippen LogP contribution in [0.2, 0.25) is 0 Å². The summed E-state index contributed by atoms with van der Waals surface area (Å²) in [6, 6.07) is 17.4. The van der Waals surface area contributed by atoms with E-state index in [4.69, 9.17) is 19.6 Å². The zero-order chi connectivity index (χ0) is 24.4. The van der Waals surface area contributed by atoms with Crippen molar-refractivity contribution >= 4 is 32.7 Å². The quantitative estimate of drug-likeness (QED) is 0.414. The molecular formula is C26H29N5O3S. The van der Waals surface area contributed by atoms with Crippen LogP contribution < -0.4 is 19.7 Å². The molecule has 1 unspecified atom stereocenters. The third-order valence-corrected chi connectivity index (χ3v) is 7.45. The van der Waals surface area contributed by atoms with Crippen molar-refractivity contribution in [1.82, 2.24) is 20.1 Å². The summed E-state index contributed by atoms with van der Waals surface area (Å²) in [7, 11) is 1.66. The predicted octanol–water partition coefficient (Wildman–Crippen LogP) is 4.35. The summed E-state index contributed by atoms with van der Waals surface area (Å²) in [6.07, 6.45) is 1.19. The molecule has 1 N–H and O–H groups in total. The van der Waals surface area contributed by atoms with Crippen LogP contribution in [0.1, 0.15) is 25.5 Å². The third-order valence-electron chi connectivity index (χ3n) is 6.23. The number of fused-ring (bicyclic) bond motifs is 1. The molecule has 1 saturated heterocycles. The van der Waals surface area contributed by atoms with Gasteiger partial charge in [-0.05, 0) is 63.1 Å². The molecule has 0 aliphatic carbocycles. The first kappa shape index (κ1) is 23.2. The molecule has 0 spiro atoms. The number of aromatic nitrogens is 3. The largest absolute Gasteiger partial charge is 0.497 e. The number of piperidine rings is 1. The van der Waals surface area contributed by atoms with Crippen LogP contribution in [0, 0.1) is 6.92 Å². The van der Waals surface area contributed by atoms with E-state index in [2.05, 4.69) is 10.2 Å². The first-order chi connectivity index (χ1) is 17.0. The lowest BCUT2D eigenvalue weighted by Gasteiger charge is -2.32. The van der Waals surface area contributed by atoms with E-state index in [9.17, 15) is 4.79 Å². The zero-order valence-electron chi connectivity index (χ0n) is 20.1. The van der Waals surface area contributed by atoms with Gasteiger partial charge in [-0.1, -0.05) is 29.5 Å². The van der Waals surface area contributed by atoms with Crippen LogP contribution in [0.4, 0.5) is 5.13 Å². The van der Waals surface area contributed by atoms with E-state index < -0.39 is 6.10 Å². The number of benzene rings is 2. The number of rotatable bonds is 7. The smallest absolute Gasteiger partial charge is 0.260 e. The Morgan fingerprint density at radius 1 is 1.09 bits per heavy atom. The molecule has 3 heterocycles. The Kier molecular flexibility index (Phi) is 6.59. The average molecular weight is 492 g/mol. The minimum Gasteiger partial charge on any atom is -0.497 e. The normalized spacial score (nSPS) is 15.2. The Labute approximate surface area is 208 Å². The van der Waals surface area contributed by atoms with Crippen molar-refractivity contribution in [3.63, 3.8) is 0 Å². The van der Waals surface area contributed by atoms with E-state index >= 15 is 0 Å². The average Bonchev–Trinajstić information content (AvgIpc) is 3.45. The van der Waals surface area contributed by atoms with Gasteiger partial charge in [-0.25, -0.2) is 4.68 Å². The van der Waals surface area contributed by atoms with E-state index in [1.54, 1.807) is 25.4 Å². The number of aryl methyl sites for hydroxylation is 1. The third kappa shape index (κ3) is 4.95. The second-order valence-corrected chi connectivity index (χ2v) is 9.66. The predicted molar refractivity (Wildman–Crippen MR) is 138 cm³/mol. The number of hydrogen-bond donors (Lipinski definition) is 1. The SMILES string of the molecule is COc1ccc(-n2nc(C)c3sc(N4CCC(NC(=O)C(C)Oc5ccccc5)CC4)nc32)cc1. The van der Waals surface area contributed by atoms with Gasteiger partial charge < -0.3 is 19.7 Å². The highest BCUT2D eigenvalue weighted by atomic mass is 32.1. The molecule has 1 amide bonds. The number of nitrogens with zero attached hydrogens (tertiary/aromatic N) is 4. The molecule has 182 valence electrons. The van der Waals surface area contributed by atoms with E-state index in [0.717, 1.165) is 58.5 Å². The maximum atomic E-state index is 12.6. The van der Waals surface area contributed by atoms with Crippen molar-refractivity contribution < 1.29 is 14.3 Å². The topological polar surface area (TPSA) is 81.5 Å². The molecule has 9 heteroatoms. The number of para-hydroxylation sites is 1. The summed E-state index contributed by atoms with van der Waals surface area (Å²) in [5, 5.41) is 8.84.